The fraction of sp³-hybridized carbons (Fsp3) is 0.179. The fourth-order valence-corrected chi connectivity index (χ4v) is 3.59. The molecule has 1 aromatic heterocycles. The molecule has 1 amide bonds. The van der Waals surface area contributed by atoms with Gasteiger partial charge in [-0.2, -0.15) is 0 Å². The van der Waals surface area contributed by atoms with Gasteiger partial charge < -0.3 is 10.1 Å². The van der Waals surface area contributed by atoms with Crippen molar-refractivity contribution in [1.82, 2.24) is 4.98 Å². The number of aryl methyl sites for hydroxylation is 1. The van der Waals surface area contributed by atoms with Crippen LogP contribution in [0.15, 0.2) is 78.9 Å². The maximum absolute atomic E-state index is 13.2. The van der Waals surface area contributed by atoms with E-state index in [0.29, 0.717) is 23.4 Å². The molecule has 1 N–H and O–H groups in total. The Morgan fingerprint density at radius 3 is 2.33 bits per heavy atom. The van der Waals surface area contributed by atoms with Crippen LogP contribution in [0, 0.1) is 0 Å². The minimum Gasteiger partial charge on any atom is -0.462 e. The van der Waals surface area contributed by atoms with E-state index in [1.807, 2.05) is 49.4 Å². The van der Waals surface area contributed by atoms with E-state index in [4.69, 9.17) is 9.72 Å². The molecule has 0 saturated carbocycles. The lowest BCUT2D eigenvalue weighted by Gasteiger charge is -2.11. The van der Waals surface area contributed by atoms with E-state index >= 15 is 0 Å². The van der Waals surface area contributed by atoms with Crippen LogP contribution in [0.25, 0.3) is 22.2 Å². The highest BCUT2D eigenvalue weighted by Gasteiger charge is 2.15. The van der Waals surface area contributed by atoms with E-state index < -0.39 is 0 Å². The standard InChI is InChI=1S/C28H26N2O3/c1-3-17-33-28(32)21-13-15-22(16-14-21)29-27(31)24-18-26(20-11-9-19(4-2)10-12-20)30-25-8-6-5-7-23(24)25/h5-16,18H,3-4,17H2,1-2H3,(H,29,31). The number of anilines is 1. The van der Waals surface area contributed by atoms with Gasteiger partial charge in [-0.25, -0.2) is 9.78 Å². The predicted molar refractivity (Wildman–Crippen MR) is 132 cm³/mol. The molecular formula is C28H26N2O3. The van der Waals surface area contributed by atoms with Gasteiger partial charge >= 0.3 is 5.97 Å². The summed E-state index contributed by atoms with van der Waals surface area (Å²) in [6.07, 6.45) is 1.73. The Hall–Kier alpha value is -3.99. The molecule has 5 heteroatoms. The van der Waals surface area contributed by atoms with E-state index in [1.54, 1.807) is 24.3 Å². The first-order chi connectivity index (χ1) is 16.1. The average molecular weight is 439 g/mol. The largest absolute Gasteiger partial charge is 0.462 e. The third-order valence-electron chi connectivity index (χ3n) is 5.43. The second-order valence-electron chi connectivity index (χ2n) is 7.79. The van der Waals surface area contributed by atoms with Crippen LogP contribution in [-0.4, -0.2) is 23.5 Å². The summed E-state index contributed by atoms with van der Waals surface area (Å²) in [5.41, 5.74) is 5.31. The summed E-state index contributed by atoms with van der Waals surface area (Å²) in [4.78, 5) is 30.0. The van der Waals surface area contributed by atoms with Crippen LogP contribution >= 0.6 is 0 Å². The van der Waals surface area contributed by atoms with Gasteiger partial charge in [-0.3, -0.25) is 4.79 Å². The zero-order valence-corrected chi connectivity index (χ0v) is 18.8. The summed E-state index contributed by atoms with van der Waals surface area (Å²) in [6.45, 7) is 4.45. The molecule has 0 unspecified atom stereocenters. The molecule has 0 atom stereocenters. The van der Waals surface area contributed by atoms with Gasteiger partial charge in [0, 0.05) is 16.6 Å². The first-order valence-electron chi connectivity index (χ1n) is 11.2. The van der Waals surface area contributed by atoms with Gasteiger partial charge in [0.15, 0.2) is 0 Å². The van der Waals surface area contributed by atoms with Crippen molar-refractivity contribution in [2.75, 3.05) is 11.9 Å². The fourth-order valence-electron chi connectivity index (χ4n) is 3.59. The Bertz CT molecular complexity index is 1280. The third kappa shape index (κ3) is 5.09. The Balaban J connectivity index is 1.62. The Morgan fingerprint density at radius 2 is 1.64 bits per heavy atom. The van der Waals surface area contributed by atoms with Gasteiger partial charge in [0.1, 0.15) is 0 Å². The highest BCUT2D eigenvalue weighted by molar-refractivity contribution is 6.13. The summed E-state index contributed by atoms with van der Waals surface area (Å²) in [7, 11) is 0. The van der Waals surface area contributed by atoms with Crippen LogP contribution in [-0.2, 0) is 11.2 Å². The molecular weight excluding hydrogens is 412 g/mol. The number of carbonyl (C=O) groups is 2. The van der Waals surface area contributed by atoms with Gasteiger partial charge in [0.25, 0.3) is 5.91 Å². The molecule has 3 aromatic carbocycles. The number of fused-ring (bicyclic) bond motifs is 1. The van der Waals surface area contributed by atoms with Crippen molar-refractivity contribution in [3.63, 3.8) is 0 Å². The number of nitrogens with one attached hydrogen (secondary N) is 1. The summed E-state index contributed by atoms with van der Waals surface area (Å²) < 4.78 is 5.15. The van der Waals surface area contributed by atoms with Crippen molar-refractivity contribution in [3.05, 3.63) is 95.6 Å². The summed E-state index contributed by atoms with van der Waals surface area (Å²) in [5.74, 6) is -0.602. The first kappa shape index (κ1) is 22.2. The van der Waals surface area contributed by atoms with Crippen molar-refractivity contribution < 1.29 is 14.3 Å². The van der Waals surface area contributed by atoms with Crippen molar-refractivity contribution in [2.24, 2.45) is 0 Å². The number of pyridine rings is 1. The number of rotatable bonds is 7. The first-order valence-corrected chi connectivity index (χ1v) is 11.2. The van der Waals surface area contributed by atoms with E-state index in [0.717, 1.165) is 35.0 Å². The van der Waals surface area contributed by atoms with Crippen LogP contribution in [0.3, 0.4) is 0 Å². The SMILES string of the molecule is CCCOC(=O)c1ccc(NC(=O)c2cc(-c3ccc(CC)cc3)nc3ccccc23)cc1. The van der Waals surface area contributed by atoms with E-state index in [9.17, 15) is 9.59 Å². The molecule has 0 bridgehead atoms. The van der Waals surface area contributed by atoms with Crippen LogP contribution in [0.5, 0.6) is 0 Å². The molecule has 166 valence electrons. The number of hydrogen-bond acceptors (Lipinski definition) is 4. The number of esters is 1. The molecule has 0 aliphatic rings. The number of hydrogen-bond donors (Lipinski definition) is 1. The molecule has 4 rings (SSSR count). The molecule has 4 aromatic rings. The van der Waals surface area contributed by atoms with Crippen LogP contribution in [0.2, 0.25) is 0 Å². The number of nitrogens with zero attached hydrogens (tertiary/aromatic N) is 1. The second kappa shape index (κ2) is 10.1. The third-order valence-corrected chi connectivity index (χ3v) is 5.43. The molecule has 0 aliphatic heterocycles. The second-order valence-corrected chi connectivity index (χ2v) is 7.79. The summed E-state index contributed by atoms with van der Waals surface area (Å²) >= 11 is 0. The Morgan fingerprint density at radius 1 is 0.909 bits per heavy atom. The average Bonchev–Trinajstić information content (AvgIpc) is 2.87. The minimum atomic E-state index is -0.367. The smallest absolute Gasteiger partial charge is 0.338 e. The van der Waals surface area contributed by atoms with Gasteiger partial charge in [0.2, 0.25) is 0 Å². The topological polar surface area (TPSA) is 68.3 Å². The predicted octanol–water partition coefficient (Wildman–Crippen LogP) is 6.28. The van der Waals surface area contributed by atoms with Crippen molar-refractivity contribution in [3.8, 4) is 11.3 Å². The van der Waals surface area contributed by atoms with Crippen molar-refractivity contribution in [1.29, 1.82) is 0 Å². The molecule has 0 fully saturated rings. The van der Waals surface area contributed by atoms with Gasteiger partial charge in [-0.1, -0.05) is 56.3 Å². The molecule has 0 saturated heterocycles. The van der Waals surface area contributed by atoms with Crippen molar-refractivity contribution >= 4 is 28.5 Å². The monoisotopic (exact) mass is 438 g/mol. The molecule has 1 heterocycles. The van der Waals surface area contributed by atoms with Gasteiger partial charge in [-0.05, 0) is 54.8 Å². The quantitative estimate of drug-likeness (QED) is 0.345. The maximum Gasteiger partial charge on any atom is 0.338 e. The number of amides is 1. The Labute approximate surface area is 193 Å². The van der Waals surface area contributed by atoms with Crippen LogP contribution < -0.4 is 5.32 Å². The zero-order chi connectivity index (χ0) is 23.2. The Kier molecular flexibility index (Phi) is 6.79. The summed E-state index contributed by atoms with van der Waals surface area (Å²) in [5, 5.41) is 3.72. The zero-order valence-electron chi connectivity index (χ0n) is 18.8. The highest BCUT2D eigenvalue weighted by atomic mass is 16.5. The minimum absolute atomic E-state index is 0.235. The molecule has 0 radical (unpaired) electrons. The maximum atomic E-state index is 13.2. The normalized spacial score (nSPS) is 10.7. The lowest BCUT2D eigenvalue weighted by atomic mass is 10.0. The van der Waals surface area contributed by atoms with Crippen LogP contribution in [0.1, 0.15) is 46.5 Å². The molecule has 0 aliphatic carbocycles. The molecule has 0 spiro atoms. The number of benzene rings is 3. The van der Waals surface area contributed by atoms with Gasteiger partial charge in [-0.15, -0.1) is 0 Å². The number of aromatic nitrogens is 1. The number of para-hydroxylation sites is 1. The lowest BCUT2D eigenvalue weighted by molar-refractivity contribution is 0.0505. The summed E-state index contributed by atoms with van der Waals surface area (Å²) in [6, 6.07) is 24.4. The van der Waals surface area contributed by atoms with E-state index in [1.165, 1.54) is 5.56 Å². The van der Waals surface area contributed by atoms with Crippen molar-refractivity contribution in [2.45, 2.75) is 26.7 Å². The van der Waals surface area contributed by atoms with E-state index in [-0.39, 0.29) is 11.9 Å². The lowest BCUT2D eigenvalue weighted by Crippen LogP contribution is -2.13. The van der Waals surface area contributed by atoms with Gasteiger partial charge in [0.05, 0.1) is 28.9 Å². The highest BCUT2D eigenvalue weighted by Crippen LogP contribution is 2.26. The number of ether oxygens (including phenoxy) is 1. The van der Waals surface area contributed by atoms with E-state index in [2.05, 4.69) is 24.4 Å². The number of carbonyl (C=O) groups excluding carboxylic acids is 2. The van der Waals surface area contributed by atoms with Crippen LogP contribution in [0.4, 0.5) is 5.69 Å². The molecule has 5 nitrogen and oxygen atoms in total. The molecule has 33 heavy (non-hydrogen) atoms.